The molecule has 0 saturated carbocycles. The number of nitrogens with zero attached hydrogens (tertiary/aromatic N) is 3. The molecule has 0 aliphatic rings. The first-order valence-corrected chi connectivity index (χ1v) is 10.9. The van der Waals surface area contributed by atoms with Gasteiger partial charge in [-0.05, 0) is 43.9 Å². The fraction of sp³-hybridized carbons (Fsp3) is 0.545. The van der Waals surface area contributed by atoms with Crippen LogP contribution in [-0.4, -0.2) is 43.7 Å². The van der Waals surface area contributed by atoms with Crippen LogP contribution in [0.4, 0.5) is 19.0 Å². The molecule has 1 heterocycles. The summed E-state index contributed by atoms with van der Waals surface area (Å²) in [5, 5.41) is 16.2. The molecule has 0 aliphatic heterocycles. The first-order valence-electron chi connectivity index (χ1n) is 10.9. The number of aliphatic carboxylic acids is 1. The molecule has 0 bridgehead atoms. The minimum atomic E-state index is -4.38. The fourth-order valence-corrected chi connectivity index (χ4v) is 3.40. The summed E-state index contributed by atoms with van der Waals surface area (Å²) < 4.78 is 44.6. The second kappa shape index (κ2) is 11.2. The van der Waals surface area contributed by atoms with E-state index in [1.165, 1.54) is 14.0 Å². The van der Waals surface area contributed by atoms with E-state index in [2.05, 4.69) is 10.4 Å². The number of halogens is 3. The number of carbonyl (C=O) groups is 1. The number of aromatic nitrogens is 3. The van der Waals surface area contributed by atoms with Crippen molar-refractivity contribution in [3.8, 4) is 5.75 Å². The zero-order valence-corrected chi connectivity index (χ0v) is 19.3. The molecule has 2 N–H and O–H groups in total. The van der Waals surface area contributed by atoms with Crippen molar-refractivity contribution in [2.24, 2.45) is 7.05 Å². The van der Waals surface area contributed by atoms with Crippen LogP contribution in [0.25, 0.3) is 0 Å². The molecule has 12 heteroatoms. The van der Waals surface area contributed by atoms with Crippen LogP contribution in [0.5, 0.6) is 5.75 Å². The van der Waals surface area contributed by atoms with Gasteiger partial charge < -0.3 is 15.2 Å². The molecular formula is C22H29F3N4O5. The van der Waals surface area contributed by atoms with Crippen LogP contribution in [0, 0.1) is 0 Å². The number of hydrogen-bond donors (Lipinski definition) is 2. The topological polar surface area (TPSA) is 115 Å². The van der Waals surface area contributed by atoms with Crippen molar-refractivity contribution in [2.45, 2.75) is 64.3 Å². The Labute approximate surface area is 194 Å². The van der Waals surface area contributed by atoms with Crippen LogP contribution in [0.3, 0.4) is 0 Å². The monoisotopic (exact) mass is 486 g/mol. The summed E-state index contributed by atoms with van der Waals surface area (Å²) in [5.74, 6) is -0.820. The Morgan fingerprint density at radius 1 is 1.24 bits per heavy atom. The molecule has 1 aromatic carbocycles. The predicted octanol–water partition coefficient (Wildman–Crippen LogP) is 2.96. The zero-order valence-electron chi connectivity index (χ0n) is 19.3. The van der Waals surface area contributed by atoms with Gasteiger partial charge in [-0.25, -0.2) is 14.3 Å². The van der Waals surface area contributed by atoms with Gasteiger partial charge >= 0.3 is 17.8 Å². The van der Waals surface area contributed by atoms with Gasteiger partial charge in [-0.15, -0.1) is 5.10 Å². The maximum Gasteiger partial charge on any atom is 0.389 e. The number of carboxylic acids is 1. The third kappa shape index (κ3) is 7.35. The molecule has 0 aliphatic carbocycles. The number of benzene rings is 1. The number of rotatable bonds is 12. The van der Waals surface area contributed by atoms with E-state index in [4.69, 9.17) is 4.74 Å². The summed E-state index contributed by atoms with van der Waals surface area (Å²) in [7, 11) is 1.31. The van der Waals surface area contributed by atoms with Crippen LogP contribution < -0.4 is 21.3 Å². The molecular weight excluding hydrogens is 457 g/mol. The van der Waals surface area contributed by atoms with E-state index in [0.717, 1.165) is 14.8 Å². The molecule has 0 amide bonds. The Kier molecular flexibility index (Phi) is 8.88. The Morgan fingerprint density at radius 3 is 2.56 bits per heavy atom. The van der Waals surface area contributed by atoms with Crippen LogP contribution in [0.15, 0.2) is 33.9 Å². The van der Waals surface area contributed by atoms with Crippen LogP contribution in [0.2, 0.25) is 0 Å². The number of carboxylic acid groups (broad SMARTS) is 1. The Bertz CT molecular complexity index is 1110. The van der Waals surface area contributed by atoms with Gasteiger partial charge in [0.25, 0.3) is 5.56 Å². The quantitative estimate of drug-likeness (QED) is 0.474. The molecule has 0 saturated heterocycles. The van der Waals surface area contributed by atoms with E-state index < -0.39 is 41.8 Å². The number of aryl methyl sites for hydroxylation is 1. The van der Waals surface area contributed by atoms with E-state index in [1.54, 1.807) is 24.3 Å². The molecule has 1 unspecified atom stereocenters. The Hall–Kier alpha value is -3.31. The molecule has 0 fully saturated rings. The largest absolute Gasteiger partial charge is 0.478 e. The summed E-state index contributed by atoms with van der Waals surface area (Å²) in [6, 6.07) is 6.87. The lowest BCUT2D eigenvalue weighted by Gasteiger charge is -2.26. The second-order valence-corrected chi connectivity index (χ2v) is 8.14. The highest BCUT2D eigenvalue weighted by atomic mass is 19.4. The van der Waals surface area contributed by atoms with Gasteiger partial charge in [0, 0.05) is 26.6 Å². The second-order valence-electron chi connectivity index (χ2n) is 8.14. The highest BCUT2D eigenvalue weighted by molar-refractivity contribution is 5.77. The van der Waals surface area contributed by atoms with Crippen molar-refractivity contribution in [1.82, 2.24) is 14.3 Å². The standard InChI is InChI=1S/C22H29F3N4O5/c1-4-10-21(2,19(31)32)34-16-8-5-7-15(14-16)9-12-26-17-18(30)29(20(33)28(3)27-17)13-6-11-22(23,24)25/h5,7-8,14H,4,6,9-13H2,1-3H3,(H,26,27)(H,31,32). The number of alkyl halides is 3. The first-order chi connectivity index (χ1) is 15.9. The van der Waals surface area contributed by atoms with Gasteiger partial charge in [0.2, 0.25) is 11.4 Å². The van der Waals surface area contributed by atoms with Gasteiger partial charge in [-0.3, -0.25) is 9.36 Å². The third-order valence-corrected chi connectivity index (χ3v) is 5.17. The van der Waals surface area contributed by atoms with Crippen LogP contribution in [0.1, 0.15) is 45.1 Å². The summed E-state index contributed by atoms with van der Waals surface area (Å²) in [5.41, 5.74) is -2.15. The van der Waals surface area contributed by atoms with Gasteiger partial charge in [-0.2, -0.15) is 13.2 Å². The van der Waals surface area contributed by atoms with Gasteiger partial charge in [-0.1, -0.05) is 25.5 Å². The first kappa shape index (κ1) is 26.9. The van der Waals surface area contributed by atoms with E-state index in [-0.39, 0.29) is 18.9 Å². The number of ether oxygens (including phenoxy) is 1. The molecule has 34 heavy (non-hydrogen) atoms. The smallest absolute Gasteiger partial charge is 0.389 e. The van der Waals surface area contributed by atoms with Gasteiger partial charge in [0.05, 0.1) is 0 Å². The van der Waals surface area contributed by atoms with Crippen molar-refractivity contribution in [1.29, 1.82) is 0 Å². The van der Waals surface area contributed by atoms with Crippen molar-refractivity contribution in [3.63, 3.8) is 0 Å². The Morgan fingerprint density at radius 2 is 1.94 bits per heavy atom. The highest BCUT2D eigenvalue weighted by Gasteiger charge is 2.34. The molecule has 1 aromatic heterocycles. The summed E-state index contributed by atoms with van der Waals surface area (Å²) in [6.07, 6.45) is -4.51. The summed E-state index contributed by atoms with van der Waals surface area (Å²) in [6.45, 7) is 3.24. The normalized spacial score (nSPS) is 13.4. The predicted molar refractivity (Wildman–Crippen MR) is 119 cm³/mol. The SMILES string of the molecule is CCCC(C)(Oc1cccc(CCNc2nn(C)c(=O)n(CCCC(F)(F)F)c2=O)c1)C(=O)O. The van der Waals surface area contributed by atoms with E-state index >= 15 is 0 Å². The van der Waals surface area contributed by atoms with Crippen molar-refractivity contribution in [3.05, 3.63) is 50.7 Å². The lowest BCUT2D eigenvalue weighted by molar-refractivity contribution is -0.154. The molecule has 1 atom stereocenters. The highest BCUT2D eigenvalue weighted by Crippen LogP contribution is 2.24. The van der Waals surface area contributed by atoms with Crippen LogP contribution in [-0.2, 0) is 24.8 Å². The molecule has 2 rings (SSSR count). The molecule has 0 spiro atoms. The summed E-state index contributed by atoms with van der Waals surface area (Å²) >= 11 is 0. The third-order valence-electron chi connectivity index (χ3n) is 5.17. The van der Waals surface area contributed by atoms with Gasteiger partial charge in [0.1, 0.15) is 5.75 Å². The van der Waals surface area contributed by atoms with E-state index in [0.29, 0.717) is 25.0 Å². The minimum absolute atomic E-state index is 0.150. The average Bonchev–Trinajstić information content (AvgIpc) is 2.73. The maximum absolute atomic E-state index is 12.5. The minimum Gasteiger partial charge on any atom is -0.478 e. The average molecular weight is 486 g/mol. The molecule has 188 valence electrons. The fourth-order valence-electron chi connectivity index (χ4n) is 3.40. The van der Waals surface area contributed by atoms with E-state index in [9.17, 15) is 32.7 Å². The van der Waals surface area contributed by atoms with Crippen molar-refractivity contribution >= 4 is 11.8 Å². The summed E-state index contributed by atoms with van der Waals surface area (Å²) in [4.78, 5) is 36.3. The molecule has 2 aromatic rings. The van der Waals surface area contributed by atoms with Crippen molar-refractivity contribution < 1.29 is 27.8 Å². The maximum atomic E-state index is 12.5. The van der Waals surface area contributed by atoms with E-state index in [1.807, 2.05) is 6.92 Å². The number of hydrogen-bond acceptors (Lipinski definition) is 6. The van der Waals surface area contributed by atoms with Gasteiger partial charge in [0.15, 0.2) is 0 Å². The number of nitrogens with one attached hydrogen (secondary N) is 1. The Balaban J connectivity index is 2.08. The zero-order chi connectivity index (χ0) is 25.5. The van der Waals surface area contributed by atoms with Crippen molar-refractivity contribution in [2.75, 3.05) is 11.9 Å². The lowest BCUT2D eigenvalue weighted by Crippen LogP contribution is -2.42. The number of anilines is 1. The molecule has 9 nitrogen and oxygen atoms in total. The molecule has 0 radical (unpaired) electrons. The van der Waals surface area contributed by atoms with Crippen LogP contribution >= 0.6 is 0 Å². The lowest BCUT2D eigenvalue weighted by atomic mass is 10.0.